The summed E-state index contributed by atoms with van der Waals surface area (Å²) in [4.78, 5) is 23.4. The third kappa shape index (κ3) is 5.02. The standard InChI is InChI=1S/C16H16Cl2N2O4/c1-16(9-19,10-2-3-10)20-14(21)7-24-15(22)8-23-13-5-4-11(17)6-12(13)18/h4-6,10H,2-3,7-8H2,1H3,(H,20,21)/t16-/m0/s1. The van der Waals surface area contributed by atoms with Crippen LogP contribution in [-0.4, -0.2) is 30.6 Å². The molecule has 6 nitrogen and oxygen atoms in total. The summed E-state index contributed by atoms with van der Waals surface area (Å²) in [5.41, 5.74) is -0.920. The average Bonchev–Trinajstić information content (AvgIpc) is 3.37. The van der Waals surface area contributed by atoms with Crippen molar-refractivity contribution >= 4 is 35.1 Å². The van der Waals surface area contributed by atoms with Crippen molar-refractivity contribution in [3.8, 4) is 11.8 Å². The highest BCUT2D eigenvalue weighted by Crippen LogP contribution is 2.39. The molecule has 0 radical (unpaired) electrons. The van der Waals surface area contributed by atoms with Crippen LogP contribution in [0.3, 0.4) is 0 Å². The summed E-state index contributed by atoms with van der Waals surface area (Å²) in [6, 6.07) is 6.68. The van der Waals surface area contributed by atoms with Gasteiger partial charge in [0, 0.05) is 5.02 Å². The lowest BCUT2D eigenvalue weighted by molar-refractivity contribution is -0.150. The molecule has 0 unspecified atom stereocenters. The van der Waals surface area contributed by atoms with Crippen LogP contribution in [0, 0.1) is 17.2 Å². The first-order valence-corrected chi connectivity index (χ1v) is 8.05. The Morgan fingerprint density at radius 2 is 2.08 bits per heavy atom. The molecule has 0 aliphatic heterocycles. The van der Waals surface area contributed by atoms with Crippen molar-refractivity contribution < 1.29 is 19.1 Å². The van der Waals surface area contributed by atoms with Gasteiger partial charge in [-0.25, -0.2) is 4.79 Å². The molecule has 128 valence electrons. The first kappa shape index (κ1) is 18.4. The third-order valence-corrected chi connectivity index (χ3v) is 4.16. The normalized spacial score (nSPS) is 15.8. The molecular formula is C16H16Cl2N2O4. The second kappa shape index (κ2) is 7.73. The van der Waals surface area contributed by atoms with Crippen molar-refractivity contribution in [3.05, 3.63) is 28.2 Å². The number of nitrogens with one attached hydrogen (secondary N) is 1. The lowest BCUT2D eigenvalue weighted by atomic mass is 9.98. The molecule has 2 rings (SSSR count). The number of ether oxygens (including phenoxy) is 2. The van der Waals surface area contributed by atoms with Gasteiger partial charge in [-0.1, -0.05) is 23.2 Å². The van der Waals surface area contributed by atoms with Crippen molar-refractivity contribution in [2.45, 2.75) is 25.3 Å². The predicted molar refractivity (Wildman–Crippen MR) is 87.8 cm³/mol. The highest BCUT2D eigenvalue weighted by molar-refractivity contribution is 6.35. The van der Waals surface area contributed by atoms with Gasteiger partial charge >= 0.3 is 5.97 Å². The van der Waals surface area contributed by atoms with E-state index in [0.29, 0.717) is 5.02 Å². The topological polar surface area (TPSA) is 88.4 Å². The number of nitriles is 1. The van der Waals surface area contributed by atoms with Crippen LogP contribution < -0.4 is 10.1 Å². The molecule has 1 fully saturated rings. The summed E-state index contributed by atoms with van der Waals surface area (Å²) in [6.07, 6.45) is 1.81. The number of esters is 1. The van der Waals surface area contributed by atoms with Gasteiger partial charge in [-0.05, 0) is 43.9 Å². The molecule has 1 aliphatic carbocycles. The molecule has 0 aromatic heterocycles. The van der Waals surface area contributed by atoms with Crippen LogP contribution in [0.2, 0.25) is 10.0 Å². The summed E-state index contributed by atoms with van der Waals surface area (Å²) in [5.74, 6) is -0.809. The monoisotopic (exact) mass is 370 g/mol. The quantitative estimate of drug-likeness (QED) is 0.745. The molecule has 0 bridgehead atoms. The molecule has 0 heterocycles. The maximum absolute atomic E-state index is 11.8. The second-order valence-electron chi connectivity index (χ2n) is 5.66. The van der Waals surface area contributed by atoms with Crippen molar-refractivity contribution in [3.63, 3.8) is 0 Å². The molecule has 1 N–H and O–H groups in total. The summed E-state index contributed by atoms with van der Waals surface area (Å²) >= 11 is 11.7. The van der Waals surface area contributed by atoms with Crippen LogP contribution >= 0.6 is 23.2 Å². The van der Waals surface area contributed by atoms with E-state index in [2.05, 4.69) is 11.4 Å². The van der Waals surface area contributed by atoms with E-state index in [0.717, 1.165) is 12.8 Å². The fraction of sp³-hybridized carbons (Fsp3) is 0.438. The maximum Gasteiger partial charge on any atom is 0.344 e. The maximum atomic E-state index is 11.8. The Morgan fingerprint density at radius 1 is 1.38 bits per heavy atom. The SMILES string of the molecule is C[C@@](C#N)(NC(=O)COC(=O)COc1ccc(Cl)cc1Cl)C1CC1. The molecule has 8 heteroatoms. The molecule has 1 atom stereocenters. The van der Waals surface area contributed by atoms with Gasteiger partial charge in [0.1, 0.15) is 11.3 Å². The van der Waals surface area contributed by atoms with Crippen LogP contribution in [0.1, 0.15) is 19.8 Å². The van der Waals surface area contributed by atoms with Gasteiger partial charge in [0.2, 0.25) is 0 Å². The number of carbonyl (C=O) groups is 2. The molecule has 1 aliphatic rings. The molecule has 1 amide bonds. The Labute approximate surface area is 149 Å². The summed E-state index contributed by atoms with van der Waals surface area (Å²) in [7, 11) is 0. The minimum atomic E-state index is -0.920. The number of halogens is 2. The van der Waals surface area contributed by atoms with Crippen LogP contribution in [0.25, 0.3) is 0 Å². The lowest BCUT2D eigenvalue weighted by Gasteiger charge is -2.22. The smallest absolute Gasteiger partial charge is 0.344 e. The number of benzene rings is 1. The Morgan fingerprint density at radius 3 is 2.67 bits per heavy atom. The van der Waals surface area contributed by atoms with E-state index in [4.69, 9.17) is 37.9 Å². The summed E-state index contributed by atoms with van der Waals surface area (Å²) in [5, 5.41) is 12.5. The van der Waals surface area contributed by atoms with E-state index < -0.39 is 30.6 Å². The first-order chi connectivity index (χ1) is 11.3. The van der Waals surface area contributed by atoms with Crippen molar-refractivity contribution in [1.29, 1.82) is 5.26 Å². The number of nitrogens with zero attached hydrogens (tertiary/aromatic N) is 1. The van der Waals surface area contributed by atoms with Crippen LogP contribution in [0.5, 0.6) is 5.75 Å². The molecule has 24 heavy (non-hydrogen) atoms. The summed E-state index contributed by atoms with van der Waals surface area (Å²) < 4.78 is 10.0. The first-order valence-electron chi connectivity index (χ1n) is 7.30. The Kier molecular flexibility index (Phi) is 5.92. The molecule has 1 aromatic carbocycles. The number of hydrogen-bond donors (Lipinski definition) is 1. The minimum Gasteiger partial charge on any atom is -0.480 e. The zero-order valence-corrected chi connectivity index (χ0v) is 14.5. The van der Waals surface area contributed by atoms with E-state index >= 15 is 0 Å². The average molecular weight is 371 g/mol. The van der Waals surface area contributed by atoms with E-state index in [-0.39, 0.29) is 16.7 Å². The largest absolute Gasteiger partial charge is 0.480 e. The second-order valence-corrected chi connectivity index (χ2v) is 6.50. The van der Waals surface area contributed by atoms with Crippen molar-refractivity contribution in [1.82, 2.24) is 5.32 Å². The third-order valence-electron chi connectivity index (χ3n) is 3.63. The van der Waals surface area contributed by atoms with Gasteiger partial charge in [0.25, 0.3) is 5.91 Å². The predicted octanol–water partition coefficient (Wildman–Crippen LogP) is 2.72. The van der Waals surface area contributed by atoms with Gasteiger partial charge in [-0.2, -0.15) is 5.26 Å². The highest BCUT2D eigenvalue weighted by Gasteiger charge is 2.43. The fourth-order valence-electron chi connectivity index (χ4n) is 2.12. The van der Waals surface area contributed by atoms with Crippen molar-refractivity contribution in [2.24, 2.45) is 5.92 Å². The zero-order valence-electron chi connectivity index (χ0n) is 13.0. The van der Waals surface area contributed by atoms with Gasteiger partial charge in [0.05, 0.1) is 11.1 Å². The molecular weight excluding hydrogens is 355 g/mol. The fourth-order valence-corrected chi connectivity index (χ4v) is 2.59. The van der Waals surface area contributed by atoms with E-state index in [1.54, 1.807) is 13.0 Å². The Balaban J connectivity index is 1.74. The van der Waals surface area contributed by atoms with Gasteiger partial charge < -0.3 is 14.8 Å². The molecule has 0 saturated heterocycles. The van der Waals surface area contributed by atoms with E-state index in [1.807, 2.05) is 0 Å². The van der Waals surface area contributed by atoms with E-state index in [1.165, 1.54) is 12.1 Å². The zero-order chi connectivity index (χ0) is 17.7. The molecule has 1 saturated carbocycles. The Hall–Kier alpha value is -1.97. The molecule has 0 spiro atoms. The van der Waals surface area contributed by atoms with E-state index in [9.17, 15) is 9.59 Å². The van der Waals surface area contributed by atoms with Gasteiger partial charge in [0.15, 0.2) is 13.2 Å². The number of hydrogen-bond acceptors (Lipinski definition) is 5. The number of amides is 1. The van der Waals surface area contributed by atoms with Crippen LogP contribution in [0.15, 0.2) is 18.2 Å². The van der Waals surface area contributed by atoms with Gasteiger partial charge in [-0.3, -0.25) is 4.79 Å². The highest BCUT2D eigenvalue weighted by atomic mass is 35.5. The van der Waals surface area contributed by atoms with Crippen molar-refractivity contribution in [2.75, 3.05) is 13.2 Å². The number of carbonyl (C=O) groups excluding carboxylic acids is 2. The minimum absolute atomic E-state index is 0.150. The summed E-state index contributed by atoms with van der Waals surface area (Å²) in [6.45, 7) is 0.795. The lowest BCUT2D eigenvalue weighted by Crippen LogP contribution is -2.48. The Bertz CT molecular complexity index is 685. The van der Waals surface area contributed by atoms with Crippen LogP contribution in [-0.2, 0) is 14.3 Å². The van der Waals surface area contributed by atoms with Gasteiger partial charge in [-0.15, -0.1) is 0 Å². The molecule has 1 aromatic rings. The number of rotatable bonds is 7. The van der Waals surface area contributed by atoms with Crippen LogP contribution in [0.4, 0.5) is 0 Å².